The average Bonchev–Trinajstić information content (AvgIpc) is 1.79. The van der Waals surface area contributed by atoms with Gasteiger partial charge in [-0.15, -0.1) is 0 Å². The zero-order chi connectivity index (χ0) is 7.98. The predicted molar refractivity (Wildman–Crippen MR) is 32.3 cm³/mol. The van der Waals surface area contributed by atoms with Crippen LogP contribution in [0.5, 0.6) is 0 Å². The van der Waals surface area contributed by atoms with Crippen LogP contribution < -0.4 is 5.32 Å². The Bertz CT molecular complexity index is 118. The topological polar surface area (TPSA) is 75.6 Å². The van der Waals surface area contributed by atoms with Crippen molar-refractivity contribution in [2.24, 2.45) is 0 Å². The lowest BCUT2D eigenvalue weighted by Crippen LogP contribution is -2.24. The first kappa shape index (κ1) is 8.90. The van der Waals surface area contributed by atoms with E-state index < -0.39 is 5.97 Å². The highest BCUT2D eigenvalue weighted by atomic mass is 16.5. The van der Waals surface area contributed by atoms with Crippen molar-refractivity contribution in [3.05, 3.63) is 0 Å². The minimum Gasteiger partial charge on any atom is -0.480 e. The minimum absolute atomic E-state index is 0.0539. The Morgan fingerprint density at radius 1 is 1.60 bits per heavy atom. The molecule has 0 aliphatic heterocycles. The van der Waals surface area contributed by atoms with Gasteiger partial charge in [0.2, 0.25) is 5.91 Å². The average molecular weight is 147 g/mol. The third-order valence-electron chi connectivity index (χ3n) is 0.649. The summed E-state index contributed by atoms with van der Waals surface area (Å²) in [6.45, 7) is 0.881. The molecule has 0 aromatic rings. The molecule has 0 aliphatic carbocycles. The molecule has 0 aromatic heterocycles. The van der Waals surface area contributed by atoms with Crippen LogP contribution in [-0.2, 0) is 14.3 Å². The first-order valence-electron chi connectivity index (χ1n) is 2.67. The SMILES string of the molecule is CC(=O)NCOCC(=O)O. The van der Waals surface area contributed by atoms with Crippen LogP contribution in [0.1, 0.15) is 6.92 Å². The van der Waals surface area contributed by atoms with Gasteiger partial charge in [0.25, 0.3) is 0 Å². The van der Waals surface area contributed by atoms with Gasteiger partial charge in [0.1, 0.15) is 13.3 Å². The lowest BCUT2D eigenvalue weighted by atomic mass is 10.7. The van der Waals surface area contributed by atoms with Crippen LogP contribution in [0.15, 0.2) is 0 Å². The van der Waals surface area contributed by atoms with E-state index in [9.17, 15) is 9.59 Å². The summed E-state index contributed by atoms with van der Waals surface area (Å²) in [5.41, 5.74) is 0. The van der Waals surface area contributed by atoms with Gasteiger partial charge in [0, 0.05) is 6.92 Å². The van der Waals surface area contributed by atoms with Gasteiger partial charge in [-0.05, 0) is 0 Å². The third kappa shape index (κ3) is 6.90. The van der Waals surface area contributed by atoms with Crippen LogP contribution in [0.3, 0.4) is 0 Å². The first-order valence-corrected chi connectivity index (χ1v) is 2.67. The molecule has 5 nitrogen and oxygen atoms in total. The molecule has 0 saturated heterocycles. The number of carbonyl (C=O) groups excluding carboxylic acids is 1. The summed E-state index contributed by atoms with van der Waals surface area (Å²) in [5.74, 6) is -1.30. The van der Waals surface area contributed by atoms with Crippen molar-refractivity contribution in [1.29, 1.82) is 0 Å². The standard InChI is InChI=1S/C5H9NO4/c1-4(7)6-3-10-2-5(8)9/h2-3H2,1H3,(H,6,7)(H,8,9). The van der Waals surface area contributed by atoms with Gasteiger partial charge in [-0.25, -0.2) is 4.79 Å². The monoisotopic (exact) mass is 147 g/mol. The van der Waals surface area contributed by atoms with Crippen molar-refractivity contribution >= 4 is 11.9 Å². The number of ether oxygens (including phenoxy) is 1. The fourth-order valence-electron chi connectivity index (χ4n) is 0.291. The van der Waals surface area contributed by atoms with E-state index in [-0.39, 0.29) is 19.2 Å². The molecule has 0 aromatic carbocycles. The fraction of sp³-hybridized carbons (Fsp3) is 0.600. The smallest absolute Gasteiger partial charge is 0.329 e. The summed E-state index contributed by atoms with van der Waals surface area (Å²) in [5, 5.41) is 10.3. The summed E-state index contributed by atoms with van der Waals surface area (Å²) in [4.78, 5) is 20.0. The molecule has 1 amide bonds. The van der Waals surface area contributed by atoms with Gasteiger partial charge >= 0.3 is 5.97 Å². The Balaban J connectivity index is 3.06. The van der Waals surface area contributed by atoms with Crippen LogP contribution in [0.2, 0.25) is 0 Å². The summed E-state index contributed by atoms with van der Waals surface area (Å²) < 4.78 is 4.47. The summed E-state index contributed by atoms with van der Waals surface area (Å²) in [6.07, 6.45) is 0. The Kier molecular flexibility index (Phi) is 4.23. The first-order chi connectivity index (χ1) is 4.63. The van der Waals surface area contributed by atoms with E-state index >= 15 is 0 Å². The number of aliphatic carboxylic acids is 1. The van der Waals surface area contributed by atoms with Crippen LogP contribution >= 0.6 is 0 Å². The maximum atomic E-state index is 10.1. The van der Waals surface area contributed by atoms with Crippen molar-refractivity contribution < 1.29 is 19.4 Å². The van der Waals surface area contributed by atoms with Gasteiger partial charge < -0.3 is 15.2 Å². The molecular formula is C5H9NO4. The van der Waals surface area contributed by atoms with Crippen LogP contribution in [0, 0.1) is 0 Å². The van der Waals surface area contributed by atoms with Crippen molar-refractivity contribution in [2.75, 3.05) is 13.3 Å². The van der Waals surface area contributed by atoms with Gasteiger partial charge in [-0.1, -0.05) is 0 Å². The largest absolute Gasteiger partial charge is 0.480 e. The molecule has 58 valence electrons. The second-order valence-electron chi connectivity index (χ2n) is 1.62. The molecule has 0 unspecified atom stereocenters. The normalized spacial score (nSPS) is 8.90. The number of carboxylic acids is 1. The van der Waals surface area contributed by atoms with E-state index in [0.29, 0.717) is 0 Å². The maximum absolute atomic E-state index is 10.1. The van der Waals surface area contributed by atoms with E-state index in [0.717, 1.165) is 0 Å². The highest BCUT2D eigenvalue weighted by Crippen LogP contribution is 1.70. The molecule has 0 aliphatic rings. The summed E-state index contributed by atoms with van der Waals surface area (Å²) in [7, 11) is 0. The Hall–Kier alpha value is -1.10. The number of hydrogen-bond donors (Lipinski definition) is 2. The number of amides is 1. The van der Waals surface area contributed by atoms with E-state index in [1.54, 1.807) is 0 Å². The molecule has 0 atom stereocenters. The third-order valence-corrected chi connectivity index (χ3v) is 0.649. The van der Waals surface area contributed by atoms with Gasteiger partial charge in [-0.2, -0.15) is 0 Å². The van der Waals surface area contributed by atoms with E-state index in [2.05, 4.69) is 10.1 Å². The van der Waals surface area contributed by atoms with Crippen molar-refractivity contribution in [1.82, 2.24) is 5.32 Å². The molecule has 5 heteroatoms. The van der Waals surface area contributed by atoms with E-state index in [1.807, 2.05) is 0 Å². The van der Waals surface area contributed by atoms with Gasteiger partial charge in [-0.3, -0.25) is 4.79 Å². The van der Waals surface area contributed by atoms with Crippen LogP contribution in [0.4, 0.5) is 0 Å². The summed E-state index contributed by atoms with van der Waals surface area (Å²) >= 11 is 0. The highest BCUT2D eigenvalue weighted by Gasteiger charge is 1.95. The molecule has 10 heavy (non-hydrogen) atoms. The molecule has 0 spiro atoms. The molecule has 0 saturated carbocycles. The molecule has 0 radical (unpaired) electrons. The Morgan fingerprint density at radius 2 is 2.20 bits per heavy atom. The highest BCUT2D eigenvalue weighted by molar-refractivity contribution is 5.72. The van der Waals surface area contributed by atoms with Gasteiger partial charge in [0.05, 0.1) is 0 Å². The molecule has 0 fully saturated rings. The lowest BCUT2D eigenvalue weighted by molar-refractivity contribution is -0.143. The predicted octanol–water partition coefficient (Wildman–Crippen LogP) is -0.819. The quantitative estimate of drug-likeness (QED) is 0.402. The molecule has 0 heterocycles. The number of carboxylic acid groups (broad SMARTS) is 1. The Morgan fingerprint density at radius 3 is 2.60 bits per heavy atom. The zero-order valence-corrected chi connectivity index (χ0v) is 5.59. The van der Waals surface area contributed by atoms with Crippen molar-refractivity contribution in [3.8, 4) is 0 Å². The number of rotatable bonds is 4. The number of carbonyl (C=O) groups is 2. The zero-order valence-electron chi connectivity index (χ0n) is 5.59. The van der Waals surface area contributed by atoms with E-state index in [1.165, 1.54) is 6.92 Å². The maximum Gasteiger partial charge on any atom is 0.329 e. The fourth-order valence-corrected chi connectivity index (χ4v) is 0.291. The van der Waals surface area contributed by atoms with Gasteiger partial charge in [0.15, 0.2) is 0 Å². The molecule has 0 rings (SSSR count). The number of nitrogens with one attached hydrogen (secondary N) is 1. The molecule has 2 N–H and O–H groups in total. The number of hydrogen-bond acceptors (Lipinski definition) is 3. The lowest BCUT2D eigenvalue weighted by Gasteiger charge is -1.99. The van der Waals surface area contributed by atoms with Crippen molar-refractivity contribution in [2.45, 2.75) is 6.92 Å². The van der Waals surface area contributed by atoms with Crippen LogP contribution in [-0.4, -0.2) is 30.3 Å². The summed E-state index contributed by atoms with van der Waals surface area (Å²) in [6, 6.07) is 0. The Labute approximate surface area is 58.0 Å². The second-order valence-corrected chi connectivity index (χ2v) is 1.62. The molecular weight excluding hydrogens is 138 g/mol. The second kappa shape index (κ2) is 4.75. The molecule has 0 bridgehead atoms. The van der Waals surface area contributed by atoms with Crippen molar-refractivity contribution in [3.63, 3.8) is 0 Å². The minimum atomic E-state index is -1.05. The van der Waals surface area contributed by atoms with E-state index in [4.69, 9.17) is 5.11 Å². The van der Waals surface area contributed by atoms with Crippen LogP contribution in [0.25, 0.3) is 0 Å².